The third kappa shape index (κ3) is 4.38. The van der Waals surface area contributed by atoms with Crippen molar-refractivity contribution in [3.05, 3.63) is 52.7 Å². The van der Waals surface area contributed by atoms with Gasteiger partial charge in [0.25, 0.3) is 5.91 Å². The molecular formula is C25H33N3O3S. The van der Waals surface area contributed by atoms with E-state index in [1.165, 1.54) is 16.7 Å². The van der Waals surface area contributed by atoms with Gasteiger partial charge in [-0.15, -0.1) is 11.8 Å². The number of methoxy groups -OCH3 is 1. The smallest absolute Gasteiger partial charge is 0.255 e. The van der Waals surface area contributed by atoms with E-state index in [0.717, 1.165) is 30.3 Å². The molecule has 32 heavy (non-hydrogen) atoms. The highest BCUT2D eigenvalue weighted by molar-refractivity contribution is 7.98. The molecule has 6 nitrogen and oxygen atoms in total. The van der Waals surface area contributed by atoms with Crippen molar-refractivity contribution in [1.29, 1.82) is 0 Å². The summed E-state index contributed by atoms with van der Waals surface area (Å²) in [6.07, 6.45) is 4.75. The SMILES string of the molecule is COCCOc1ccc([C@H](C)N2C[C@H]3C[C@@H]2CN3C(=O)c2ccc(SC)nc2)c(C)c1C. The zero-order valence-electron chi connectivity index (χ0n) is 19.6. The summed E-state index contributed by atoms with van der Waals surface area (Å²) in [5.74, 6) is 1.03. The van der Waals surface area contributed by atoms with Crippen molar-refractivity contribution in [1.82, 2.24) is 14.8 Å². The Kier molecular flexibility index (Phi) is 7.08. The molecule has 2 fully saturated rings. The van der Waals surface area contributed by atoms with Gasteiger partial charge in [-0.2, -0.15) is 0 Å². The number of aromatic nitrogens is 1. The fourth-order valence-electron chi connectivity index (χ4n) is 5.05. The van der Waals surface area contributed by atoms with Crippen LogP contribution in [-0.2, 0) is 4.74 Å². The van der Waals surface area contributed by atoms with Gasteiger partial charge in [0.05, 0.1) is 17.2 Å². The molecule has 3 atom stereocenters. The maximum absolute atomic E-state index is 13.1. The maximum atomic E-state index is 13.1. The topological polar surface area (TPSA) is 54.9 Å². The number of piperazine rings is 1. The number of likely N-dealkylation sites (tertiary alicyclic amines) is 2. The van der Waals surface area contributed by atoms with E-state index in [9.17, 15) is 4.79 Å². The lowest BCUT2D eigenvalue weighted by Crippen LogP contribution is -2.49. The average molecular weight is 456 g/mol. The number of fused-ring (bicyclic) bond motifs is 2. The number of carbonyl (C=O) groups excluding carboxylic acids is 1. The molecule has 0 saturated carbocycles. The fourth-order valence-corrected chi connectivity index (χ4v) is 5.42. The fraction of sp³-hybridized carbons (Fsp3) is 0.520. The van der Waals surface area contributed by atoms with Crippen molar-refractivity contribution >= 4 is 17.7 Å². The standard InChI is InChI=1S/C25H33N3O3S/c1-16-17(2)23(31-11-10-30-4)8-7-22(16)18(3)27-14-21-12-20(27)15-28(21)25(29)19-6-9-24(32-5)26-13-19/h6-9,13,18,20-21H,10-12,14-15H2,1-5H3/t18-,20+,21+/m0/s1. The predicted octanol–water partition coefficient (Wildman–Crippen LogP) is 4.11. The molecule has 2 bridgehead atoms. The molecule has 2 aromatic rings. The van der Waals surface area contributed by atoms with E-state index >= 15 is 0 Å². The second kappa shape index (κ2) is 9.81. The second-order valence-corrected chi connectivity index (χ2v) is 9.53. The average Bonchev–Trinajstić information content (AvgIpc) is 3.42. The Morgan fingerprint density at radius 3 is 2.59 bits per heavy atom. The maximum Gasteiger partial charge on any atom is 0.255 e. The lowest BCUT2D eigenvalue weighted by Gasteiger charge is -2.38. The predicted molar refractivity (Wildman–Crippen MR) is 128 cm³/mol. The summed E-state index contributed by atoms with van der Waals surface area (Å²) >= 11 is 1.59. The van der Waals surface area contributed by atoms with Crippen LogP contribution in [0.1, 0.15) is 46.4 Å². The number of rotatable bonds is 8. The molecule has 2 aliphatic heterocycles. The van der Waals surface area contributed by atoms with E-state index in [-0.39, 0.29) is 11.9 Å². The number of hydrogen-bond donors (Lipinski definition) is 0. The first kappa shape index (κ1) is 23.1. The number of carbonyl (C=O) groups is 1. The van der Waals surface area contributed by atoms with Crippen molar-refractivity contribution in [3.63, 3.8) is 0 Å². The number of ether oxygens (including phenoxy) is 2. The zero-order chi connectivity index (χ0) is 22.8. The summed E-state index contributed by atoms with van der Waals surface area (Å²) in [6, 6.07) is 9.08. The van der Waals surface area contributed by atoms with Crippen LogP contribution in [-0.4, -0.2) is 72.4 Å². The minimum Gasteiger partial charge on any atom is -0.491 e. The highest BCUT2D eigenvalue weighted by atomic mass is 32.2. The number of benzene rings is 1. The van der Waals surface area contributed by atoms with E-state index in [1.54, 1.807) is 25.1 Å². The molecule has 2 saturated heterocycles. The van der Waals surface area contributed by atoms with Crippen LogP contribution in [0.2, 0.25) is 0 Å². The van der Waals surface area contributed by atoms with E-state index in [0.29, 0.717) is 30.9 Å². The van der Waals surface area contributed by atoms with E-state index in [4.69, 9.17) is 9.47 Å². The normalized spacial score (nSPS) is 21.2. The number of pyridine rings is 1. The zero-order valence-corrected chi connectivity index (χ0v) is 20.4. The number of amides is 1. The Morgan fingerprint density at radius 1 is 1.16 bits per heavy atom. The third-order valence-corrected chi connectivity index (χ3v) is 7.67. The van der Waals surface area contributed by atoms with Crippen LogP contribution in [0.3, 0.4) is 0 Å². The summed E-state index contributed by atoms with van der Waals surface area (Å²) in [7, 11) is 1.68. The Hall–Kier alpha value is -2.09. The molecule has 0 aliphatic carbocycles. The Labute approximate surface area is 195 Å². The first-order chi connectivity index (χ1) is 15.4. The molecule has 0 N–H and O–H groups in total. The molecule has 4 rings (SSSR count). The quantitative estimate of drug-likeness (QED) is 0.441. The second-order valence-electron chi connectivity index (χ2n) is 8.71. The summed E-state index contributed by atoms with van der Waals surface area (Å²) in [6.45, 7) is 9.43. The molecule has 1 aromatic carbocycles. The molecule has 3 heterocycles. The summed E-state index contributed by atoms with van der Waals surface area (Å²) in [5, 5.41) is 0.935. The van der Waals surface area contributed by atoms with E-state index < -0.39 is 0 Å². The van der Waals surface area contributed by atoms with Gasteiger partial charge < -0.3 is 14.4 Å². The Morgan fingerprint density at radius 2 is 1.97 bits per heavy atom. The van der Waals surface area contributed by atoms with Crippen LogP contribution in [0, 0.1) is 13.8 Å². The number of hydrogen-bond acceptors (Lipinski definition) is 6. The molecule has 1 amide bonds. The van der Waals surface area contributed by atoms with Crippen molar-refractivity contribution in [2.45, 2.75) is 50.3 Å². The molecule has 0 unspecified atom stereocenters. The van der Waals surface area contributed by atoms with Crippen molar-refractivity contribution in [3.8, 4) is 5.75 Å². The van der Waals surface area contributed by atoms with Gasteiger partial charge in [0, 0.05) is 44.5 Å². The van der Waals surface area contributed by atoms with Crippen molar-refractivity contribution < 1.29 is 14.3 Å². The van der Waals surface area contributed by atoms with Gasteiger partial charge in [-0.1, -0.05) is 6.07 Å². The van der Waals surface area contributed by atoms with Gasteiger partial charge in [0.2, 0.25) is 0 Å². The lowest BCUT2D eigenvalue weighted by atomic mass is 9.96. The Balaban J connectivity index is 1.43. The summed E-state index contributed by atoms with van der Waals surface area (Å²) < 4.78 is 11.0. The van der Waals surface area contributed by atoms with Crippen molar-refractivity contribution in [2.24, 2.45) is 0 Å². The largest absolute Gasteiger partial charge is 0.491 e. The highest BCUT2D eigenvalue weighted by Crippen LogP contribution is 2.39. The van der Waals surface area contributed by atoms with E-state index in [1.807, 2.05) is 18.4 Å². The van der Waals surface area contributed by atoms with Gasteiger partial charge in [-0.05, 0) is 68.3 Å². The van der Waals surface area contributed by atoms with E-state index in [2.05, 4.69) is 47.7 Å². The third-order valence-electron chi connectivity index (χ3n) is 7.01. The lowest BCUT2D eigenvalue weighted by molar-refractivity contribution is 0.0568. The van der Waals surface area contributed by atoms with Gasteiger partial charge in [-0.3, -0.25) is 9.69 Å². The van der Waals surface area contributed by atoms with Gasteiger partial charge in [0.1, 0.15) is 12.4 Å². The van der Waals surface area contributed by atoms with Crippen LogP contribution >= 0.6 is 11.8 Å². The van der Waals surface area contributed by atoms with Gasteiger partial charge in [0.15, 0.2) is 0 Å². The van der Waals surface area contributed by atoms with Crippen LogP contribution < -0.4 is 4.74 Å². The molecule has 1 aromatic heterocycles. The molecule has 2 aliphatic rings. The van der Waals surface area contributed by atoms with Crippen LogP contribution in [0.5, 0.6) is 5.75 Å². The van der Waals surface area contributed by atoms with Crippen LogP contribution in [0.25, 0.3) is 0 Å². The molecule has 172 valence electrons. The van der Waals surface area contributed by atoms with Crippen molar-refractivity contribution in [2.75, 3.05) is 39.7 Å². The first-order valence-corrected chi connectivity index (χ1v) is 12.5. The summed E-state index contributed by atoms with van der Waals surface area (Å²) in [5.41, 5.74) is 4.49. The molecule has 7 heteroatoms. The van der Waals surface area contributed by atoms with Gasteiger partial charge in [-0.25, -0.2) is 4.98 Å². The van der Waals surface area contributed by atoms with Crippen LogP contribution in [0.4, 0.5) is 0 Å². The minimum absolute atomic E-state index is 0.106. The molecule has 0 spiro atoms. The molecule has 0 radical (unpaired) electrons. The highest BCUT2D eigenvalue weighted by Gasteiger charge is 2.47. The minimum atomic E-state index is 0.106. The molecular weight excluding hydrogens is 422 g/mol. The summed E-state index contributed by atoms with van der Waals surface area (Å²) in [4.78, 5) is 22.1. The van der Waals surface area contributed by atoms with Crippen LogP contribution in [0.15, 0.2) is 35.5 Å². The first-order valence-electron chi connectivity index (χ1n) is 11.2. The van der Waals surface area contributed by atoms with Gasteiger partial charge >= 0.3 is 0 Å². The number of nitrogens with zero attached hydrogens (tertiary/aromatic N) is 3. The monoisotopic (exact) mass is 455 g/mol. The number of thioether (sulfide) groups is 1. The Bertz CT molecular complexity index is 966.